The topological polar surface area (TPSA) is 26.3 Å². The number of benzene rings is 2. The van der Waals surface area contributed by atoms with E-state index in [-0.39, 0.29) is 0 Å². The van der Waals surface area contributed by atoms with Crippen LogP contribution in [0.3, 0.4) is 0 Å². The minimum Gasteiger partial charge on any atom is -0.421 e. The number of carbonyl (C=O) groups is 1. The van der Waals surface area contributed by atoms with Gasteiger partial charge in [0.25, 0.3) is 0 Å². The molecule has 0 spiro atoms. The third-order valence-corrected chi connectivity index (χ3v) is 3.00. The molecule has 2 nitrogen and oxygen atoms in total. The molecule has 0 saturated heterocycles. The Kier molecular flexibility index (Phi) is 3.29. The van der Waals surface area contributed by atoms with E-state index >= 15 is 0 Å². The van der Waals surface area contributed by atoms with Crippen LogP contribution in [0, 0.1) is 0 Å². The molecule has 0 amide bonds. The molecule has 0 atom stereocenters. The van der Waals surface area contributed by atoms with Crippen molar-refractivity contribution in [2.24, 2.45) is 0 Å². The van der Waals surface area contributed by atoms with Crippen LogP contribution in [0.1, 0.15) is 6.92 Å². The molecule has 86 valence electrons. The molecule has 2 aromatic carbocycles. The average Bonchev–Trinajstić information content (AvgIpc) is 2.32. The first-order chi connectivity index (χ1) is 8.09. The summed E-state index contributed by atoms with van der Waals surface area (Å²) in [6.07, 6.45) is 0. The zero-order chi connectivity index (χ0) is 12.4. The van der Waals surface area contributed by atoms with Crippen molar-refractivity contribution >= 4 is 32.7 Å². The van der Waals surface area contributed by atoms with Crippen LogP contribution in [0.4, 0.5) is 0 Å². The quantitative estimate of drug-likeness (QED) is 0.473. The highest BCUT2D eigenvalue weighted by atomic mass is 79.9. The summed E-state index contributed by atoms with van der Waals surface area (Å²) in [5.41, 5.74) is 0.379. The van der Waals surface area contributed by atoms with Gasteiger partial charge in [0.1, 0.15) is 0 Å². The zero-order valence-corrected chi connectivity index (χ0v) is 11.0. The van der Waals surface area contributed by atoms with E-state index in [0.717, 1.165) is 15.2 Å². The molecule has 0 heterocycles. The van der Waals surface area contributed by atoms with Crippen molar-refractivity contribution in [3.05, 3.63) is 53.0 Å². The first kappa shape index (κ1) is 11.9. The van der Waals surface area contributed by atoms with Crippen LogP contribution in [0.2, 0.25) is 0 Å². The van der Waals surface area contributed by atoms with Crippen molar-refractivity contribution < 1.29 is 9.53 Å². The number of hydrogen-bond donors (Lipinski definition) is 0. The van der Waals surface area contributed by atoms with Crippen LogP contribution >= 0.6 is 15.9 Å². The lowest BCUT2D eigenvalue weighted by atomic mass is 10.1. The molecular formula is C14H11BrO2. The second-order valence-corrected chi connectivity index (χ2v) is 4.62. The molecule has 0 radical (unpaired) electrons. The lowest BCUT2D eigenvalue weighted by Crippen LogP contribution is -2.08. The summed E-state index contributed by atoms with van der Waals surface area (Å²) in [5, 5.41) is 1.93. The van der Waals surface area contributed by atoms with E-state index in [1.165, 1.54) is 0 Å². The van der Waals surface area contributed by atoms with Gasteiger partial charge in [0.05, 0.1) is 4.47 Å². The van der Waals surface area contributed by atoms with Gasteiger partial charge in [0, 0.05) is 11.0 Å². The van der Waals surface area contributed by atoms with Crippen LogP contribution in [0.5, 0.6) is 5.75 Å². The van der Waals surface area contributed by atoms with Gasteiger partial charge in [-0.25, -0.2) is 4.79 Å². The number of fused-ring (bicyclic) bond motifs is 1. The van der Waals surface area contributed by atoms with Crippen LogP contribution in [0.15, 0.2) is 53.0 Å². The number of ether oxygens (including phenoxy) is 1. The lowest BCUT2D eigenvalue weighted by Gasteiger charge is -2.09. The molecule has 17 heavy (non-hydrogen) atoms. The number of carbonyl (C=O) groups excluding carboxylic acids is 1. The standard InChI is InChI=1S/C14H11BrO2/c1-9(2)14(16)17-13-11-6-4-3-5-10(11)7-8-12(13)15/h3-8H,1H2,2H3. The van der Waals surface area contributed by atoms with Gasteiger partial charge in [-0.3, -0.25) is 0 Å². The summed E-state index contributed by atoms with van der Waals surface area (Å²) in [4.78, 5) is 11.6. The van der Waals surface area contributed by atoms with Gasteiger partial charge in [-0.1, -0.05) is 36.9 Å². The normalized spacial score (nSPS) is 10.2. The van der Waals surface area contributed by atoms with Crippen LogP contribution in [-0.2, 0) is 4.79 Å². The van der Waals surface area contributed by atoms with E-state index < -0.39 is 5.97 Å². The number of rotatable bonds is 2. The van der Waals surface area contributed by atoms with Crippen molar-refractivity contribution in [1.29, 1.82) is 0 Å². The molecule has 0 fully saturated rings. The minimum atomic E-state index is -0.415. The van der Waals surface area contributed by atoms with Gasteiger partial charge in [-0.2, -0.15) is 0 Å². The van der Waals surface area contributed by atoms with E-state index in [1.54, 1.807) is 6.92 Å². The van der Waals surface area contributed by atoms with Crippen LogP contribution in [-0.4, -0.2) is 5.97 Å². The van der Waals surface area contributed by atoms with Crippen LogP contribution < -0.4 is 4.74 Å². The second-order valence-electron chi connectivity index (χ2n) is 3.77. The molecule has 0 saturated carbocycles. The molecule has 2 rings (SSSR count). The highest BCUT2D eigenvalue weighted by Gasteiger charge is 2.12. The minimum absolute atomic E-state index is 0.379. The number of esters is 1. The van der Waals surface area contributed by atoms with E-state index in [4.69, 9.17) is 4.74 Å². The summed E-state index contributed by atoms with van der Waals surface area (Å²) >= 11 is 3.39. The maximum atomic E-state index is 11.6. The fourth-order valence-electron chi connectivity index (χ4n) is 1.50. The molecule has 3 heteroatoms. The van der Waals surface area contributed by atoms with E-state index in [9.17, 15) is 4.79 Å². The fraction of sp³-hybridized carbons (Fsp3) is 0.0714. The van der Waals surface area contributed by atoms with E-state index in [1.807, 2.05) is 36.4 Å². The Hall–Kier alpha value is -1.61. The molecule has 2 aromatic rings. The molecule has 0 aliphatic heterocycles. The molecule has 0 aliphatic carbocycles. The van der Waals surface area contributed by atoms with Gasteiger partial charge >= 0.3 is 5.97 Å². The summed E-state index contributed by atoms with van der Waals surface area (Å²) in [6, 6.07) is 11.6. The molecule has 0 bridgehead atoms. The van der Waals surface area contributed by atoms with Gasteiger partial charge in [-0.05, 0) is 34.3 Å². The largest absolute Gasteiger partial charge is 0.421 e. The van der Waals surface area contributed by atoms with E-state index in [0.29, 0.717) is 11.3 Å². The van der Waals surface area contributed by atoms with Crippen molar-refractivity contribution in [3.8, 4) is 5.75 Å². The van der Waals surface area contributed by atoms with Gasteiger partial charge in [0.15, 0.2) is 5.75 Å². The Balaban J connectivity index is 2.55. The summed E-state index contributed by atoms with van der Waals surface area (Å²) < 4.78 is 6.09. The molecular weight excluding hydrogens is 280 g/mol. The molecule has 0 N–H and O–H groups in total. The van der Waals surface area contributed by atoms with Gasteiger partial charge in [0.2, 0.25) is 0 Å². The highest BCUT2D eigenvalue weighted by Crippen LogP contribution is 2.33. The molecule has 0 aliphatic rings. The summed E-state index contributed by atoms with van der Waals surface area (Å²) in [6.45, 7) is 5.20. The fourth-order valence-corrected chi connectivity index (χ4v) is 1.93. The average molecular weight is 291 g/mol. The van der Waals surface area contributed by atoms with Crippen molar-refractivity contribution in [2.45, 2.75) is 6.92 Å². The number of hydrogen-bond acceptors (Lipinski definition) is 2. The lowest BCUT2D eigenvalue weighted by molar-refractivity contribution is -0.130. The smallest absolute Gasteiger partial charge is 0.338 e. The predicted octanol–water partition coefficient (Wildman–Crippen LogP) is 4.08. The van der Waals surface area contributed by atoms with Crippen molar-refractivity contribution in [2.75, 3.05) is 0 Å². The third-order valence-electron chi connectivity index (χ3n) is 2.37. The van der Waals surface area contributed by atoms with Crippen LogP contribution in [0.25, 0.3) is 10.8 Å². The Morgan fingerprint density at radius 3 is 2.65 bits per heavy atom. The van der Waals surface area contributed by atoms with Crippen molar-refractivity contribution in [1.82, 2.24) is 0 Å². The third kappa shape index (κ3) is 2.39. The highest BCUT2D eigenvalue weighted by molar-refractivity contribution is 9.10. The molecule has 0 aromatic heterocycles. The number of halogens is 1. The summed E-state index contributed by atoms with van der Waals surface area (Å²) in [5.74, 6) is 0.123. The van der Waals surface area contributed by atoms with Gasteiger partial charge < -0.3 is 4.74 Å². The summed E-state index contributed by atoms with van der Waals surface area (Å²) in [7, 11) is 0. The molecule has 0 unspecified atom stereocenters. The Morgan fingerprint density at radius 1 is 1.24 bits per heavy atom. The SMILES string of the molecule is C=C(C)C(=O)Oc1c(Br)ccc2ccccc12. The predicted molar refractivity (Wildman–Crippen MR) is 72.1 cm³/mol. The Labute approximate surface area is 108 Å². The van der Waals surface area contributed by atoms with Gasteiger partial charge in [-0.15, -0.1) is 0 Å². The first-order valence-electron chi connectivity index (χ1n) is 5.14. The Morgan fingerprint density at radius 2 is 1.94 bits per heavy atom. The maximum Gasteiger partial charge on any atom is 0.338 e. The first-order valence-corrected chi connectivity index (χ1v) is 5.94. The monoisotopic (exact) mass is 290 g/mol. The Bertz CT molecular complexity index is 602. The zero-order valence-electron chi connectivity index (χ0n) is 9.37. The van der Waals surface area contributed by atoms with E-state index in [2.05, 4.69) is 22.5 Å². The maximum absolute atomic E-state index is 11.6. The van der Waals surface area contributed by atoms with Crippen molar-refractivity contribution in [3.63, 3.8) is 0 Å². The second kappa shape index (κ2) is 4.72.